The maximum Gasteiger partial charge on any atom is 0.243 e. The van der Waals surface area contributed by atoms with Gasteiger partial charge in [0, 0.05) is 19.3 Å². The van der Waals surface area contributed by atoms with Crippen LogP contribution in [0.4, 0.5) is 0 Å². The van der Waals surface area contributed by atoms with Crippen molar-refractivity contribution in [2.24, 2.45) is 0 Å². The molecule has 3 rings (SSSR count). The van der Waals surface area contributed by atoms with Gasteiger partial charge in [0.05, 0.1) is 0 Å². The highest BCUT2D eigenvalue weighted by Crippen LogP contribution is 2.09. The van der Waals surface area contributed by atoms with Gasteiger partial charge < -0.3 is 10.6 Å². The van der Waals surface area contributed by atoms with Crippen molar-refractivity contribution in [3.8, 4) is 0 Å². The number of amides is 2. The first kappa shape index (κ1) is 24.3. The summed E-state index contributed by atoms with van der Waals surface area (Å²) in [6.45, 7) is 0. The molecule has 5 nitrogen and oxygen atoms in total. The van der Waals surface area contributed by atoms with Crippen LogP contribution < -0.4 is 10.6 Å². The fraction of sp³-hybridized carbons (Fsp3) is 0.222. The number of rotatable bonds is 11. The number of hydrogen-bond acceptors (Lipinski definition) is 3. The van der Waals surface area contributed by atoms with E-state index in [1.165, 1.54) is 0 Å². The molecular weight excluding hydrogens is 432 g/mol. The lowest BCUT2D eigenvalue weighted by molar-refractivity contribution is -0.130. The molecule has 3 aromatic rings. The Kier molecular flexibility index (Phi) is 9.27. The Hall–Kier alpha value is -3.38. The summed E-state index contributed by atoms with van der Waals surface area (Å²) >= 11 is 3.97. The zero-order chi connectivity index (χ0) is 23.5. The van der Waals surface area contributed by atoms with E-state index in [1.54, 1.807) is 0 Å². The molecule has 0 bridgehead atoms. The van der Waals surface area contributed by atoms with Crippen LogP contribution in [0.3, 0.4) is 0 Å². The summed E-state index contributed by atoms with van der Waals surface area (Å²) in [7, 11) is 0. The second kappa shape index (κ2) is 12.6. The molecule has 6 heteroatoms. The van der Waals surface area contributed by atoms with Crippen molar-refractivity contribution >= 4 is 29.6 Å². The van der Waals surface area contributed by atoms with Crippen LogP contribution >= 0.6 is 12.6 Å². The molecular formula is C27H28N2O3S. The molecule has 0 heterocycles. The zero-order valence-corrected chi connectivity index (χ0v) is 19.2. The maximum atomic E-state index is 13.2. The van der Waals surface area contributed by atoms with E-state index in [2.05, 4.69) is 23.3 Å². The number of thiol groups is 1. The van der Waals surface area contributed by atoms with E-state index in [-0.39, 0.29) is 12.3 Å². The molecule has 2 atom stereocenters. The van der Waals surface area contributed by atoms with E-state index in [0.29, 0.717) is 19.3 Å². The molecule has 3 aromatic carbocycles. The Labute approximate surface area is 200 Å². The van der Waals surface area contributed by atoms with E-state index in [4.69, 9.17) is 0 Å². The van der Waals surface area contributed by atoms with E-state index in [1.807, 2.05) is 91.0 Å². The second-order valence-electron chi connectivity index (χ2n) is 7.88. The minimum atomic E-state index is -0.804. The number of aryl methyl sites for hydroxylation is 1. The zero-order valence-electron chi connectivity index (χ0n) is 18.3. The van der Waals surface area contributed by atoms with Crippen molar-refractivity contribution in [2.45, 2.75) is 37.8 Å². The molecule has 0 saturated carbocycles. The number of benzene rings is 3. The normalized spacial score (nSPS) is 12.4. The Morgan fingerprint density at radius 2 is 1.09 bits per heavy atom. The largest absolute Gasteiger partial charge is 0.344 e. The first-order valence-electron chi connectivity index (χ1n) is 11.0. The van der Waals surface area contributed by atoms with Gasteiger partial charge in [0.15, 0.2) is 0 Å². The summed E-state index contributed by atoms with van der Waals surface area (Å²) in [6, 6.07) is 27.0. The van der Waals surface area contributed by atoms with Crippen LogP contribution in [-0.2, 0) is 33.6 Å². The van der Waals surface area contributed by atoms with E-state index in [0.717, 1.165) is 16.7 Å². The first-order valence-corrected chi connectivity index (χ1v) is 11.4. The quantitative estimate of drug-likeness (QED) is 0.383. The van der Waals surface area contributed by atoms with Crippen molar-refractivity contribution in [3.05, 3.63) is 108 Å². The van der Waals surface area contributed by atoms with Gasteiger partial charge in [-0.2, -0.15) is 0 Å². The van der Waals surface area contributed by atoms with Crippen LogP contribution in [0.1, 0.15) is 23.1 Å². The summed E-state index contributed by atoms with van der Waals surface area (Å²) in [5.41, 5.74) is 2.88. The van der Waals surface area contributed by atoms with Crippen LogP contribution in [0.25, 0.3) is 0 Å². The van der Waals surface area contributed by atoms with Crippen LogP contribution in [0, 0.1) is 0 Å². The van der Waals surface area contributed by atoms with Gasteiger partial charge in [-0.15, -0.1) is 12.6 Å². The Morgan fingerprint density at radius 1 is 0.636 bits per heavy atom. The topological polar surface area (TPSA) is 75.3 Å². The van der Waals surface area contributed by atoms with Crippen molar-refractivity contribution in [3.63, 3.8) is 0 Å². The number of carbonyl (C=O) groups excluding carboxylic acids is 3. The minimum absolute atomic E-state index is 0.216. The third kappa shape index (κ3) is 8.24. The van der Waals surface area contributed by atoms with E-state index in [9.17, 15) is 14.4 Å². The van der Waals surface area contributed by atoms with Crippen molar-refractivity contribution in [1.82, 2.24) is 10.6 Å². The van der Waals surface area contributed by atoms with Crippen molar-refractivity contribution in [1.29, 1.82) is 0 Å². The third-order valence-electron chi connectivity index (χ3n) is 5.32. The Bertz CT molecular complexity index is 1040. The standard InChI is InChI=1S/C27H28N2O3S/c30-25(17-16-20-10-4-1-5-11-20)28-23(18-21-12-6-2-7-13-21)26(31)29-24(27(32)33)19-22-14-8-3-9-15-22/h1-15,23-24H,16-19H2,(H,28,30)(H,29,31)(H,32,33)/t23-,24-/m0/s1. The lowest BCUT2D eigenvalue weighted by atomic mass is 10.0. The molecule has 0 aromatic heterocycles. The predicted octanol–water partition coefficient (Wildman–Crippen LogP) is 3.53. The van der Waals surface area contributed by atoms with Gasteiger partial charge in [-0.1, -0.05) is 91.0 Å². The fourth-order valence-corrected chi connectivity index (χ4v) is 3.71. The molecule has 0 aliphatic rings. The molecule has 0 aliphatic carbocycles. The molecule has 0 radical (unpaired) electrons. The van der Waals surface area contributed by atoms with Gasteiger partial charge >= 0.3 is 0 Å². The monoisotopic (exact) mass is 460 g/mol. The molecule has 0 fully saturated rings. The minimum Gasteiger partial charge on any atom is -0.344 e. The summed E-state index contributed by atoms with van der Waals surface area (Å²) in [5.74, 6) is -0.623. The lowest BCUT2D eigenvalue weighted by Crippen LogP contribution is -2.52. The second-order valence-corrected chi connectivity index (χ2v) is 8.33. The van der Waals surface area contributed by atoms with Gasteiger partial charge in [0.25, 0.3) is 0 Å². The molecule has 0 saturated heterocycles. The molecule has 2 N–H and O–H groups in total. The molecule has 0 unspecified atom stereocenters. The highest BCUT2D eigenvalue weighted by Gasteiger charge is 2.26. The van der Waals surface area contributed by atoms with Crippen LogP contribution in [0.15, 0.2) is 91.0 Å². The molecule has 0 spiro atoms. The molecule has 170 valence electrons. The van der Waals surface area contributed by atoms with Crippen molar-refractivity contribution in [2.75, 3.05) is 0 Å². The van der Waals surface area contributed by atoms with E-state index < -0.39 is 23.1 Å². The molecule has 0 aliphatic heterocycles. The lowest BCUT2D eigenvalue weighted by Gasteiger charge is -2.22. The van der Waals surface area contributed by atoms with E-state index >= 15 is 0 Å². The Balaban J connectivity index is 1.68. The maximum absolute atomic E-state index is 13.2. The predicted molar refractivity (Wildman–Crippen MR) is 133 cm³/mol. The highest BCUT2D eigenvalue weighted by molar-refractivity contribution is 7.96. The molecule has 33 heavy (non-hydrogen) atoms. The SMILES string of the molecule is O=C(CCc1ccccc1)N[C@@H](Cc1ccccc1)C(=O)N[C@@H](Cc1ccccc1)C(=O)S. The number of hydrogen-bond donors (Lipinski definition) is 3. The third-order valence-corrected chi connectivity index (χ3v) is 5.63. The Morgan fingerprint density at radius 3 is 1.58 bits per heavy atom. The summed E-state index contributed by atoms with van der Waals surface area (Å²) in [5, 5.41) is 5.21. The average Bonchev–Trinajstić information content (AvgIpc) is 2.84. The number of nitrogens with one attached hydrogen (secondary N) is 2. The van der Waals surface area contributed by atoms with Gasteiger partial charge in [0.2, 0.25) is 16.9 Å². The van der Waals surface area contributed by atoms with Crippen LogP contribution in [0.2, 0.25) is 0 Å². The number of carbonyl (C=O) groups is 3. The fourth-order valence-electron chi connectivity index (χ4n) is 3.55. The van der Waals surface area contributed by atoms with Gasteiger partial charge in [-0.25, -0.2) is 0 Å². The summed E-state index contributed by atoms with van der Waals surface area (Å²) < 4.78 is 0. The molecule has 2 amide bonds. The van der Waals surface area contributed by atoms with Gasteiger partial charge in [0.1, 0.15) is 12.1 Å². The first-order chi connectivity index (χ1) is 16.0. The van der Waals surface area contributed by atoms with Gasteiger partial charge in [-0.3, -0.25) is 14.4 Å². The smallest absolute Gasteiger partial charge is 0.243 e. The van der Waals surface area contributed by atoms with Crippen molar-refractivity contribution < 1.29 is 14.4 Å². The van der Waals surface area contributed by atoms with Gasteiger partial charge in [-0.05, 0) is 23.1 Å². The summed E-state index contributed by atoms with van der Waals surface area (Å²) in [6.07, 6.45) is 1.50. The van der Waals surface area contributed by atoms with Crippen LogP contribution in [0.5, 0.6) is 0 Å². The highest BCUT2D eigenvalue weighted by atomic mass is 32.1. The summed E-state index contributed by atoms with van der Waals surface area (Å²) in [4.78, 5) is 37.9. The average molecular weight is 461 g/mol. The van der Waals surface area contributed by atoms with Crippen LogP contribution in [-0.4, -0.2) is 29.0 Å².